The SMILES string of the molecule is Cc1cc([N+](=O)[O-])cc(Cl)c1N1CCN(S(=O)(=O)c2ccccc2[N+](=O)[O-])CC1. The maximum absolute atomic E-state index is 12.9. The molecule has 2 aromatic carbocycles. The second-order valence-electron chi connectivity index (χ2n) is 6.47. The van der Waals surface area contributed by atoms with Crippen LogP contribution < -0.4 is 4.90 Å². The summed E-state index contributed by atoms with van der Waals surface area (Å²) in [7, 11) is -4.04. The van der Waals surface area contributed by atoms with E-state index in [4.69, 9.17) is 11.6 Å². The molecule has 2 aromatic rings. The molecule has 29 heavy (non-hydrogen) atoms. The number of anilines is 1. The van der Waals surface area contributed by atoms with E-state index in [-0.39, 0.29) is 41.8 Å². The van der Waals surface area contributed by atoms with Gasteiger partial charge < -0.3 is 4.90 Å². The standard InChI is InChI=1S/C17H17ClN4O6S/c1-12-10-13(21(23)24)11-14(18)17(12)19-6-8-20(9-7-19)29(27,28)16-5-3-2-4-15(16)22(25)26/h2-5,10-11H,6-9H2,1H3. The van der Waals surface area contributed by atoms with Crippen LogP contribution >= 0.6 is 11.6 Å². The van der Waals surface area contributed by atoms with Crippen LogP contribution in [0.1, 0.15) is 5.56 Å². The summed E-state index contributed by atoms with van der Waals surface area (Å²) in [6.45, 7) is 2.48. The van der Waals surface area contributed by atoms with Crippen LogP contribution in [0.3, 0.4) is 0 Å². The van der Waals surface area contributed by atoms with Gasteiger partial charge in [-0.25, -0.2) is 8.42 Å². The minimum atomic E-state index is -4.04. The number of hydrogen-bond acceptors (Lipinski definition) is 7. The number of nitro benzene ring substituents is 2. The van der Waals surface area contributed by atoms with Gasteiger partial charge in [-0.3, -0.25) is 20.2 Å². The molecule has 10 nitrogen and oxygen atoms in total. The van der Waals surface area contributed by atoms with E-state index < -0.39 is 25.6 Å². The zero-order valence-electron chi connectivity index (χ0n) is 15.3. The predicted molar refractivity (Wildman–Crippen MR) is 107 cm³/mol. The number of nitro groups is 2. The minimum Gasteiger partial charge on any atom is -0.367 e. The van der Waals surface area contributed by atoms with Crippen molar-refractivity contribution >= 4 is 38.7 Å². The molecule has 0 saturated carbocycles. The second-order valence-corrected chi connectivity index (χ2v) is 8.78. The van der Waals surface area contributed by atoms with Crippen molar-refractivity contribution in [2.75, 3.05) is 31.1 Å². The molecule has 0 atom stereocenters. The first kappa shape index (κ1) is 21.0. The number of hydrogen-bond donors (Lipinski definition) is 0. The quantitative estimate of drug-likeness (QED) is 0.516. The van der Waals surface area contributed by atoms with Gasteiger partial charge in [-0.1, -0.05) is 23.7 Å². The van der Waals surface area contributed by atoms with Gasteiger partial charge in [-0.2, -0.15) is 4.31 Å². The highest BCUT2D eigenvalue weighted by atomic mass is 35.5. The molecule has 1 aliphatic heterocycles. The highest BCUT2D eigenvalue weighted by Gasteiger charge is 2.34. The third-order valence-corrected chi connectivity index (χ3v) is 6.92. The van der Waals surface area contributed by atoms with Gasteiger partial charge in [-0.15, -0.1) is 0 Å². The van der Waals surface area contributed by atoms with Crippen LogP contribution in [0.25, 0.3) is 0 Å². The van der Waals surface area contributed by atoms with Gasteiger partial charge in [0.25, 0.3) is 11.4 Å². The van der Waals surface area contributed by atoms with E-state index in [0.29, 0.717) is 11.3 Å². The van der Waals surface area contributed by atoms with Gasteiger partial charge in [0, 0.05) is 44.4 Å². The van der Waals surface area contributed by atoms with E-state index in [2.05, 4.69) is 0 Å². The van der Waals surface area contributed by atoms with E-state index in [9.17, 15) is 28.6 Å². The van der Waals surface area contributed by atoms with Crippen molar-refractivity contribution in [2.45, 2.75) is 11.8 Å². The van der Waals surface area contributed by atoms with Gasteiger partial charge >= 0.3 is 0 Å². The summed E-state index contributed by atoms with van der Waals surface area (Å²) < 4.78 is 27.0. The molecule has 1 heterocycles. The third-order valence-electron chi connectivity index (χ3n) is 4.68. The van der Waals surface area contributed by atoms with E-state index in [1.165, 1.54) is 34.6 Å². The Labute approximate surface area is 171 Å². The maximum Gasteiger partial charge on any atom is 0.289 e. The third kappa shape index (κ3) is 4.02. The van der Waals surface area contributed by atoms with Crippen molar-refractivity contribution in [1.29, 1.82) is 0 Å². The largest absolute Gasteiger partial charge is 0.367 e. The number of sulfonamides is 1. The van der Waals surface area contributed by atoms with Crippen LogP contribution in [0.15, 0.2) is 41.3 Å². The summed E-state index contributed by atoms with van der Waals surface area (Å²) in [5.41, 5.74) is 0.636. The van der Waals surface area contributed by atoms with Gasteiger partial charge in [0.1, 0.15) is 0 Å². The molecule has 1 saturated heterocycles. The Morgan fingerprint density at radius 3 is 2.17 bits per heavy atom. The van der Waals surface area contributed by atoms with Crippen LogP contribution in [0.5, 0.6) is 0 Å². The normalized spacial score (nSPS) is 15.3. The first-order chi connectivity index (χ1) is 13.6. The summed E-state index contributed by atoms with van der Waals surface area (Å²) in [6.07, 6.45) is 0. The molecular formula is C17H17ClN4O6S. The Morgan fingerprint density at radius 2 is 1.62 bits per heavy atom. The van der Waals surface area contributed by atoms with Crippen molar-refractivity contribution in [2.24, 2.45) is 0 Å². The molecular weight excluding hydrogens is 424 g/mol. The van der Waals surface area contributed by atoms with Gasteiger partial charge in [0.2, 0.25) is 10.0 Å². The average Bonchev–Trinajstić information content (AvgIpc) is 2.67. The Morgan fingerprint density at radius 1 is 1.00 bits per heavy atom. The molecule has 1 fully saturated rings. The lowest BCUT2D eigenvalue weighted by atomic mass is 10.1. The number of non-ortho nitro benzene ring substituents is 1. The van der Waals surface area contributed by atoms with Crippen molar-refractivity contribution < 1.29 is 18.3 Å². The molecule has 0 spiro atoms. The highest BCUT2D eigenvalue weighted by Crippen LogP contribution is 2.35. The molecule has 0 aromatic heterocycles. The number of piperazine rings is 1. The number of aryl methyl sites for hydroxylation is 1. The molecule has 154 valence electrons. The summed E-state index contributed by atoms with van der Waals surface area (Å²) in [4.78, 5) is 22.4. The zero-order valence-corrected chi connectivity index (χ0v) is 16.9. The molecule has 0 aliphatic carbocycles. The molecule has 0 amide bonds. The minimum absolute atomic E-state index is 0.0984. The van der Waals surface area contributed by atoms with Crippen LogP contribution in [0.2, 0.25) is 5.02 Å². The van der Waals surface area contributed by atoms with Gasteiger partial charge in [-0.05, 0) is 18.6 Å². The summed E-state index contributed by atoms with van der Waals surface area (Å²) in [5, 5.41) is 22.4. The molecule has 0 radical (unpaired) electrons. The molecule has 0 bridgehead atoms. The van der Waals surface area contributed by atoms with E-state index in [1.54, 1.807) is 6.92 Å². The van der Waals surface area contributed by atoms with Crippen molar-refractivity contribution in [1.82, 2.24) is 4.31 Å². The van der Waals surface area contributed by atoms with Crippen LogP contribution in [-0.2, 0) is 10.0 Å². The van der Waals surface area contributed by atoms with Crippen molar-refractivity contribution in [3.8, 4) is 0 Å². The van der Waals surface area contributed by atoms with E-state index in [0.717, 1.165) is 6.07 Å². The molecule has 12 heteroatoms. The summed E-state index contributed by atoms with van der Waals surface area (Å²) in [6, 6.07) is 7.91. The fourth-order valence-electron chi connectivity index (χ4n) is 3.34. The Balaban J connectivity index is 1.83. The number of para-hydroxylation sites is 1. The number of nitrogens with zero attached hydrogens (tertiary/aromatic N) is 4. The molecule has 1 aliphatic rings. The lowest BCUT2D eigenvalue weighted by molar-refractivity contribution is -0.387. The van der Waals surface area contributed by atoms with Crippen LogP contribution in [0, 0.1) is 27.2 Å². The maximum atomic E-state index is 12.9. The van der Waals surface area contributed by atoms with E-state index >= 15 is 0 Å². The van der Waals surface area contributed by atoms with Crippen LogP contribution in [-0.4, -0.2) is 48.7 Å². The fourth-order valence-corrected chi connectivity index (χ4v) is 5.30. The van der Waals surface area contributed by atoms with Gasteiger partial charge in [0.15, 0.2) is 4.90 Å². The summed E-state index contributed by atoms with van der Waals surface area (Å²) in [5.74, 6) is 0. The van der Waals surface area contributed by atoms with Crippen molar-refractivity contribution in [3.63, 3.8) is 0 Å². The molecule has 0 N–H and O–H groups in total. The fraction of sp³-hybridized carbons (Fsp3) is 0.294. The average molecular weight is 441 g/mol. The smallest absolute Gasteiger partial charge is 0.289 e. The predicted octanol–water partition coefficient (Wildman–Crippen LogP) is 2.98. The topological polar surface area (TPSA) is 127 Å². The summed E-state index contributed by atoms with van der Waals surface area (Å²) >= 11 is 6.24. The number of benzene rings is 2. The van der Waals surface area contributed by atoms with E-state index in [1.807, 2.05) is 4.90 Å². The van der Waals surface area contributed by atoms with Crippen LogP contribution in [0.4, 0.5) is 17.1 Å². The Hall–Kier alpha value is -2.76. The first-order valence-electron chi connectivity index (χ1n) is 8.56. The monoisotopic (exact) mass is 440 g/mol. The molecule has 3 rings (SSSR count). The Kier molecular flexibility index (Phi) is 5.73. The highest BCUT2D eigenvalue weighted by molar-refractivity contribution is 7.89. The zero-order chi connectivity index (χ0) is 21.3. The van der Waals surface area contributed by atoms with Crippen molar-refractivity contribution in [3.05, 3.63) is 67.2 Å². The van der Waals surface area contributed by atoms with Gasteiger partial charge in [0.05, 0.1) is 20.6 Å². The number of rotatable bonds is 5. The first-order valence-corrected chi connectivity index (χ1v) is 10.4. The Bertz CT molecular complexity index is 1060. The lowest BCUT2D eigenvalue weighted by Crippen LogP contribution is -2.49. The lowest BCUT2D eigenvalue weighted by Gasteiger charge is -2.36. The second kappa shape index (κ2) is 7.93. The molecule has 0 unspecified atom stereocenters. The number of halogens is 1.